The number of hydrogen-bond donors (Lipinski definition) is 2. The van der Waals surface area contributed by atoms with Gasteiger partial charge in [0.25, 0.3) is 0 Å². The summed E-state index contributed by atoms with van der Waals surface area (Å²) in [6.07, 6.45) is 3.24. The topological polar surface area (TPSA) is 58.4 Å². The van der Waals surface area contributed by atoms with E-state index >= 15 is 0 Å². The highest BCUT2D eigenvalue weighted by Crippen LogP contribution is 2.20. The minimum absolute atomic E-state index is 0.0599. The number of carbonyl (C=O) groups excluding carboxylic acids is 1. The molecular formula is C12H25N3O. The largest absolute Gasteiger partial charge is 0.352 e. The van der Waals surface area contributed by atoms with Gasteiger partial charge in [-0.2, -0.15) is 0 Å². The quantitative estimate of drug-likeness (QED) is 0.673. The fourth-order valence-electron chi connectivity index (χ4n) is 1.86. The molecule has 4 heteroatoms. The van der Waals surface area contributed by atoms with Crippen molar-refractivity contribution in [1.82, 2.24) is 10.2 Å². The van der Waals surface area contributed by atoms with E-state index in [0.717, 1.165) is 25.8 Å². The maximum atomic E-state index is 11.7. The molecule has 0 heterocycles. The second kappa shape index (κ2) is 5.64. The molecule has 0 aromatic rings. The molecule has 1 atom stereocenters. The van der Waals surface area contributed by atoms with E-state index in [4.69, 9.17) is 5.73 Å². The fraction of sp³-hybridized carbons (Fsp3) is 0.917. The molecule has 0 aromatic heterocycles. The van der Waals surface area contributed by atoms with E-state index in [1.165, 1.54) is 0 Å². The molecule has 0 aromatic carbocycles. The highest BCUT2D eigenvalue weighted by atomic mass is 16.2. The van der Waals surface area contributed by atoms with Crippen LogP contribution in [0, 0.1) is 0 Å². The van der Waals surface area contributed by atoms with Crippen LogP contribution in [-0.4, -0.2) is 42.0 Å². The summed E-state index contributed by atoms with van der Waals surface area (Å²) in [5.41, 5.74) is 5.75. The van der Waals surface area contributed by atoms with Crippen LogP contribution in [0.1, 0.15) is 40.0 Å². The van der Waals surface area contributed by atoms with Crippen molar-refractivity contribution in [3.63, 3.8) is 0 Å². The van der Waals surface area contributed by atoms with Crippen molar-refractivity contribution < 1.29 is 4.79 Å². The zero-order valence-electron chi connectivity index (χ0n) is 10.8. The molecule has 16 heavy (non-hydrogen) atoms. The Bertz CT molecular complexity index is 234. The van der Waals surface area contributed by atoms with Crippen molar-refractivity contribution >= 4 is 5.91 Å². The van der Waals surface area contributed by atoms with Crippen LogP contribution in [0.25, 0.3) is 0 Å². The highest BCUT2D eigenvalue weighted by molar-refractivity contribution is 5.78. The van der Waals surface area contributed by atoms with Crippen LogP contribution in [0.4, 0.5) is 0 Å². The van der Waals surface area contributed by atoms with Crippen LogP contribution in [0.2, 0.25) is 0 Å². The van der Waals surface area contributed by atoms with E-state index in [-0.39, 0.29) is 11.4 Å². The first-order chi connectivity index (χ1) is 7.55. The smallest absolute Gasteiger partial charge is 0.234 e. The predicted molar refractivity (Wildman–Crippen MR) is 66.2 cm³/mol. The van der Waals surface area contributed by atoms with Crippen molar-refractivity contribution in [2.75, 3.05) is 19.6 Å². The molecule has 94 valence electrons. The Kier molecular flexibility index (Phi) is 4.74. The maximum Gasteiger partial charge on any atom is 0.234 e. The summed E-state index contributed by atoms with van der Waals surface area (Å²) in [4.78, 5) is 13.9. The molecule has 1 saturated carbocycles. The van der Waals surface area contributed by atoms with Crippen LogP contribution in [-0.2, 0) is 4.79 Å². The Morgan fingerprint density at radius 3 is 2.50 bits per heavy atom. The van der Waals surface area contributed by atoms with Gasteiger partial charge in [0.1, 0.15) is 0 Å². The predicted octanol–water partition coefficient (Wildman–Crippen LogP) is 0.714. The van der Waals surface area contributed by atoms with E-state index < -0.39 is 0 Å². The standard InChI is InChI=1S/C12H25N3O/c1-4-12(3,9-13)15(5-2)8-11(16)14-10-6-7-10/h10H,4-9,13H2,1-3H3,(H,14,16). The lowest BCUT2D eigenvalue weighted by molar-refractivity contribution is -0.123. The molecule has 1 fully saturated rings. The van der Waals surface area contributed by atoms with Gasteiger partial charge in [-0.25, -0.2) is 0 Å². The molecule has 4 nitrogen and oxygen atoms in total. The number of rotatable bonds is 7. The molecule has 1 aliphatic rings. The summed E-state index contributed by atoms with van der Waals surface area (Å²) in [7, 11) is 0. The average molecular weight is 227 g/mol. The summed E-state index contributed by atoms with van der Waals surface area (Å²) in [5, 5.41) is 3.02. The summed E-state index contributed by atoms with van der Waals surface area (Å²) in [5.74, 6) is 0.137. The van der Waals surface area contributed by atoms with Crippen molar-refractivity contribution in [2.24, 2.45) is 5.73 Å². The van der Waals surface area contributed by atoms with E-state index in [1.54, 1.807) is 0 Å². The first-order valence-corrected chi connectivity index (χ1v) is 6.30. The summed E-state index contributed by atoms with van der Waals surface area (Å²) in [6.45, 7) is 8.24. The van der Waals surface area contributed by atoms with E-state index in [1.807, 2.05) is 0 Å². The molecule has 0 bridgehead atoms. The van der Waals surface area contributed by atoms with Crippen molar-refractivity contribution in [3.05, 3.63) is 0 Å². The zero-order chi connectivity index (χ0) is 12.2. The van der Waals surface area contributed by atoms with Gasteiger partial charge in [0.2, 0.25) is 5.91 Å². The van der Waals surface area contributed by atoms with Crippen molar-refractivity contribution in [2.45, 2.75) is 51.6 Å². The second-order valence-electron chi connectivity index (χ2n) is 4.91. The third-order valence-corrected chi connectivity index (χ3v) is 3.62. The Hall–Kier alpha value is -0.610. The van der Waals surface area contributed by atoms with Gasteiger partial charge in [0, 0.05) is 18.1 Å². The van der Waals surface area contributed by atoms with Gasteiger partial charge in [0.15, 0.2) is 0 Å². The van der Waals surface area contributed by atoms with Gasteiger partial charge in [0.05, 0.1) is 6.54 Å². The van der Waals surface area contributed by atoms with Crippen LogP contribution in [0.3, 0.4) is 0 Å². The Labute approximate surface area is 98.6 Å². The van der Waals surface area contributed by atoms with Crippen LogP contribution in [0.15, 0.2) is 0 Å². The molecule has 0 radical (unpaired) electrons. The van der Waals surface area contributed by atoms with Gasteiger partial charge in [-0.1, -0.05) is 13.8 Å². The fourth-order valence-corrected chi connectivity index (χ4v) is 1.86. The Balaban J connectivity index is 2.48. The third-order valence-electron chi connectivity index (χ3n) is 3.62. The normalized spacial score (nSPS) is 19.6. The number of nitrogens with two attached hydrogens (primary N) is 1. The third kappa shape index (κ3) is 3.46. The van der Waals surface area contributed by atoms with Crippen molar-refractivity contribution in [1.29, 1.82) is 0 Å². The summed E-state index contributed by atoms with van der Waals surface area (Å²) < 4.78 is 0. The molecule has 3 N–H and O–H groups in total. The minimum atomic E-state index is -0.0599. The lowest BCUT2D eigenvalue weighted by Gasteiger charge is -2.39. The Morgan fingerprint density at radius 1 is 1.50 bits per heavy atom. The lowest BCUT2D eigenvalue weighted by Crippen LogP contribution is -2.54. The van der Waals surface area contributed by atoms with Gasteiger partial charge >= 0.3 is 0 Å². The number of carbonyl (C=O) groups is 1. The Morgan fingerprint density at radius 2 is 2.12 bits per heavy atom. The molecule has 1 aliphatic carbocycles. The first kappa shape index (κ1) is 13.5. The van der Waals surface area contributed by atoms with E-state index in [2.05, 4.69) is 31.0 Å². The van der Waals surface area contributed by atoms with E-state index in [9.17, 15) is 4.79 Å². The van der Waals surface area contributed by atoms with Gasteiger partial charge in [-0.3, -0.25) is 9.69 Å². The first-order valence-electron chi connectivity index (χ1n) is 6.30. The molecule has 0 saturated heterocycles. The monoisotopic (exact) mass is 227 g/mol. The van der Waals surface area contributed by atoms with Gasteiger partial charge in [-0.15, -0.1) is 0 Å². The zero-order valence-corrected chi connectivity index (χ0v) is 10.8. The number of likely N-dealkylation sites (N-methyl/N-ethyl adjacent to an activating group) is 1. The van der Waals surface area contributed by atoms with Crippen LogP contribution >= 0.6 is 0 Å². The van der Waals surface area contributed by atoms with Gasteiger partial charge < -0.3 is 11.1 Å². The molecule has 1 rings (SSSR count). The SMILES string of the molecule is CCN(CC(=O)NC1CC1)C(C)(CC)CN. The number of nitrogens with one attached hydrogen (secondary N) is 1. The highest BCUT2D eigenvalue weighted by Gasteiger charge is 2.30. The molecule has 1 amide bonds. The van der Waals surface area contributed by atoms with Gasteiger partial charge in [-0.05, 0) is 32.7 Å². The van der Waals surface area contributed by atoms with Crippen LogP contribution in [0.5, 0.6) is 0 Å². The number of nitrogens with zero attached hydrogens (tertiary/aromatic N) is 1. The van der Waals surface area contributed by atoms with Crippen molar-refractivity contribution in [3.8, 4) is 0 Å². The average Bonchev–Trinajstić information content (AvgIpc) is 3.08. The minimum Gasteiger partial charge on any atom is -0.352 e. The number of hydrogen-bond acceptors (Lipinski definition) is 3. The van der Waals surface area contributed by atoms with Crippen LogP contribution < -0.4 is 11.1 Å². The number of amides is 1. The second-order valence-corrected chi connectivity index (χ2v) is 4.91. The molecule has 0 spiro atoms. The van der Waals surface area contributed by atoms with E-state index in [0.29, 0.717) is 19.1 Å². The molecular weight excluding hydrogens is 202 g/mol. The molecule has 0 aliphatic heterocycles. The maximum absolute atomic E-state index is 11.7. The summed E-state index contributed by atoms with van der Waals surface area (Å²) in [6, 6.07) is 0.442. The lowest BCUT2D eigenvalue weighted by atomic mass is 9.96. The molecule has 1 unspecified atom stereocenters. The summed E-state index contributed by atoms with van der Waals surface area (Å²) >= 11 is 0.